The number of rotatable bonds is 11. The van der Waals surface area contributed by atoms with Crippen LogP contribution in [-0.2, 0) is 16.0 Å². The molecule has 1 atom stereocenters. The summed E-state index contributed by atoms with van der Waals surface area (Å²) in [5.74, 6) is 2.20. The van der Waals surface area contributed by atoms with E-state index in [4.69, 9.17) is 14.2 Å². The molecule has 6 nitrogen and oxygen atoms in total. The minimum Gasteiger partial charge on any atom is -0.489 e. The van der Waals surface area contributed by atoms with Crippen molar-refractivity contribution in [3.05, 3.63) is 42.5 Å². The van der Waals surface area contributed by atoms with Crippen LogP contribution in [0.3, 0.4) is 0 Å². The minimum atomic E-state index is 0.497. The normalized spacial score (nSPS) is 17.1. The zero-order valence-electron chi connectivity index (χ0n) is 15.7. The number of hydrogen-bond donors (Lipinski definition) is 2. The Labute approximate surface area is 156 Å². The Morgan fingerprint density at radius 2 is 2.27 bits per heavy atom. The highest BCUT2D eigenvalue weighted by Crippen LogP contribution is 2.17. The Hall–Kier alpha value is -2.05. The van der Waals surface area contributed by atoms with E-state index >= 15 is 0 Å². The Morgan fingerprint density at radius 3 is 3.04 bits per heavy atom. The van der Waals surface area contributed by atoms with Crippen molar-refractivity contribution < 1.29 is 14.2 Å². The van der Waals surface area contributed by atoms with E-state index in [1.165, 1.54) is 0 Å². The molecule has 0 bridgehead atoms. The van der Waals surface area contributed by atoms with Gasteiger partial charge in [0.25, 0.3) is 0 Å². The van der Waals surface area contributed by atoms with E-state index in [0.29, 0.717) is 19.1 Å². The highest BCUT2D eigenvalue weighted by molar-refractivity contribution is 5.79. The van der Waals surface area contributed by atoms with Crippen molar-refractivity contribution in [1.29, 1.82) is 0 Å². The van der Waals surface area contributed by atoms with E-state index in [-0.39, 0.29) is 0 Å². The maximum Gasteiger partial charge on any atom is 0.191 e. The van der Waals surface area contributed by atoms with Crippen molar-refractivity contribution >= 4 is 5.96 Å². The van der Waals surface area contributed by atoms with Gasteiger partial charge < -0.3 is 24.8 Å². The third-order valence-corrected chi connectivity index (χ3v) is 4.13. The summed E-state index contributed by atoms with van der Waals surface area (Å²) in [5.41, 5.74) is 1.08. The number of para-hydroxylation sites is 1. The molecule has 0 aromatic heterocycles. The quantitative estimate of drug-likeness (QED) is 0.274. The van der Waals surface area contributed by atoms with Crippen molar-refractivity contribution in [2.75, 3.05) is 46.6 Å². The van der Waals surface area contributed by atoms with E-state index in [1.54, 1.807) is 13.1 Å². The molecule has 2 N–H and O–H groups in total. The lowest BCUT2D eigenvalue weighted by Gasteiger charge is -2.14. The van der Waals surface area contributed by atoms with Gasteiger partial charge in [-0.2, -0.15) is 0 Å². The van der Waals surface area contributed by atoms with Crippen molar-refractivity contribution in [3.8, 4) is 5.75 Å². The first-order valence-corrected chi connectivity index (χ1v) is 9.25. The highest BCUT2D eigenvalue weighted by atomic mass is 16.5. The van der Waals surface area contributed by atoms with Crippen molar-refractivity contribution in [1.82, 2.24) is 10.6 Å². The molecule has 1 saturated heterocycles. The summed E-state index contributed by atoms with van der Waals surface area (Å²) in [6, 6.07) is 7.97. The zero-order valence-corrected chi connectivity index (χ0v) is 15.7. The van der Waals surface area contributed by atoms with E-state index in [0.717, 1.165) is 63.1 Å². The van der Waals surface area contributed by atoms with Crippen molar-refractivity contribution in [3.63, 3.8) is 0 Å². The van der Waals surface area contributed by atoms with Gasteiger partial charge in [-0.25, -0.2) is 0 Å². The van der Waals surface area contributed by atoms with Gasteiger partial charge in [0.05, 0.1) is 13.2 Å². The SMILES string of the molecule is C=CCOc1ccccc1CNC(=NC)NCCCOCC1CCOC1. The molecule has 0 radical (unpaired) electrons. The van der Waals surface area contributed by atoms with Crippen LogP contribution in [0, 0.1) is 5.92 Å². The number of benzene rings is 1. The number of hydrogen-bond acceptors (Lipinski definition) is 4. The molecule has 0 saturated carbocycles. The Balaban J connectivity index is 1.62. The second-order valence-electron chi connectivity index (χ2n) is 6.22. The summed E-state index contributed by atoms with van der Waals surface area (Å²) in [6.45, 7) is 8.90. The maximum atomic E-state index is 5.71. The Bertz CT molecular complexity index is 557. The lowest BCUT2D eigenvalue weighted by Crippen LogP contribution is -2.37. The fourth-order valence-electron chi connectivity index (χ4n) is 2.68. The van der Waals surface area contributed by atoms with Gasteiger partial charge in [-0.05, 0) is 18.9 Å². The smallest absolute Gasteiger partial charge is 0.191 e. The molecule has 144 valence electrons. The van der Waals surface area contributed by atoms with Gasteiger partial charge in [-0.15, -0.1) is 0 Å². The van der Waals surface area contributed by atoms with E-state index in [2.05, 4.69) is 22.2 Å². The third-order valence-electron chi connectivity index (χ3n) is 4.13. The number of aliphatic imine (C=N–C) groups is 1. The molecule has 0 spiro atoms. The molecule has 1 unspecified atom stereocenters. The van der Waals surface area contributed by atoms with Gasteiger partial charge >= 0.3 is 0 Å². The number of ether oxygens (including phenoxy) is 3. The summed E-state index contributed by atoms with van der Waals surface area (Å²) in [7, 11) is 1.77. The largest absolute Gasteiger partial charge is 0.489 e. The monoisotopic (exact) mass is 361 g/mol. The van der Waals surface area contributed by atoms with Crippen LogP contribution in [0.2, 0.25) is 0 Å². The highest BCUT2D eigenvalue weighted by Gasteiger charge is 2.15. The van der Waals surface area contributed by atoms with Crippen molar-refractivity contribution in [2.24, 2.45) is 10.9 Å². The topological polar surface area (TPSA) is 64.1 Å². The average Bonchev–Trinajstić information content (AvgIpc) is 3.19. The summed E-state index contributed by atoms with van der Waals surface area (Å²) >= 11 is 0. The number of guanidine groups is 1. The first-order valence-electron chi connectivity index (χ1n) is 9.25. The van der Waals surface area contributed by atoms with Crippen LogP contribution in [0.1, 0.15) is 18.4 Å². The standard InChI is InChI=1S/C20H31N3O3/c1-3-11-26-19-8-5-4-7-18(19)14-23-20(21-2)22-10-6-12-24-15-17-9-13-25-16-17/h3-5,7-8,17H,1,6,9-16H2,2H3,(H2,21,22,23). The lowest BCUT2D eigenvalue weighted by molar-refractivity contribution is 0.0888. The summed E-state index contributed by atoms with van der Waals surface area (Å²) in [5, 5.41) is 6.62. The number of nitrogens with one attached hydrogen (secondary N) is 2. The van der Waals surface area contributed by atoms with Crippen LogP contribution in [0.5, 0.6) is 5.75 Å². The van der Waals surface area contributed by atoms with Gasteiger partial charge in [0, 0.05) is 44.8 Å². The summed E-state index contributed by atoms with van der Waals surface area (Å²) in [4.78, 5) is 4.26. The summed E-state index contributed by atoms with van der Waals surface area (Å²) in [6.07, 6.45) is 3.80. The molecule has 1 aromatic carbocycles. The molecule has 1 aromatic rings. The molecule has 1 aliphatic rings. The van der Waals surface area contributed by atoms with Crippen LogP contribution >= 0.6 is 0 Å². The maximum absolute atomic E-state index is 5.71. The minimum absolute atomic E-state index is 0.497. The van der Waals surface area contributed by atoms with Crippen LogP contribution < -0.4 is 15.4 Å². The summed E-state index contributed by atoms with van der Waals surface area (Å²) < 4.78 is 16.7. The molecule has 0 aliphatic carbocycles. The third kappa shape index (κ3) is 7.45. The fraction of sp³-hybridized carbons (Fsp3) is 0.550. The van der Waals surface area contributed by atoms with Crippen LogP contribution in [0.25, 0.3) is 0 Å². The van der Waals surface area contributed by atoms with E-state index in [9.17, 15) is 0 Å². The predicted octanol–water partition coefficient (Wildman–Crippen LogP) is 2.36. The Kier molecular flexibility index (Phi) is 9.61. The molecule has 1 fully saturated rings. The average molecular weight is 361 g/mol. The molecule has 2 rings (SSSR count). The second kappa shape index (κ2) is 12.3. The van der Waals surface area contributed by atoms with Gasteiger partial charge in [0.1, 0.15) is 12.4 Å². The Morgan fingerprint density at radius 1 is 1.38 bits per heavy atom. The van der Waals surface area contributed by atoms with Gasteiger partial charge in [-0.3, -0.25) is 4.99 Å². The zero-order chi connectivity index (χ0) is 18.5. The molecular formula is C20H31N3O3. The lowest BCUT2D eigenvalue weighted by atomic mass is 10.1. The first kappa shape index (κ1) is 20.3. The predicted molar refractivity (Wildman–Crippen MR) is 105 cm³/mol. The van der Waals surface area contributed by atoms with E-state index < -0.39 is 0 Å². The molecule has 1 heterocycles. The van der Waals surface area contributed by atoms with Crippen molar-refractivity contribution in [2.45, 2.75) is 19.4 Å². The second-order valence-corrected chi connectivity index (χ2v) is 6.22. The number of nitrogens with zero attached hydrogens (tertiary/aromatic N) is 1. The van der Waals surface area contributed by atoms with Crippen LogP contribution in [-0.4, -0.2) is 52.6 Å². The van der Waals surface area contributed by atoms with Gasteiger partial charge in [0.2, 0.25) is 0 Å². The fourth-order valence-corrected chi connectivity index (χ4v) is 2.68. The van der Waals surface area contributed by atoms with Crippen LogP contribution in [0.4, 0.5) is 0 Å². The van der Waals surface area contributed by atoms with Gasteiger partial charge in [0.15, 0.2) is 5.96 Å². The molecular weight excluding hydrogens is 330 g/mol. The molecule has 26 heavy (non-hydrogen) atoms. The van der Waals surface area contributed by atoms with Gasteiger partial charge in [-0.1, -0.05) is 30.9 Å². The van der Waals surface area contributed by atoms with Crippen LogP contribution in [0.15, 0.2) is 41.9 Å². The molecule has 0 amide bonds. The molecule has 1 aliphatic heterocycles. The first-order chi connectivity index (χ1) is 12.8. The van der Waals surface area contributed by atoms with E-state index in [1.807, 2.05) is 24.3 Å². The molecule has 6 heteroatoms.